The molecule has 174 valence electrons. The van der Waals surface area contributed by atoms with Gasteiger partial charge in [0.2, 0.25) is 5.91 Å². The molecule has 3 aromatic rings. The summed E-state index contributed by atoms with van der Waals surface area (Å²) in [6.45, 7) is 6.96. The van der Waals surface area contributed by atoms with Crippen molar-refractivity contribution in [3.63, 3.8) is 0 Å². The van der Waals surface area contributed by atoms with Gasteiger partial charge in [0.05, 0.1) is 23.7 Å². The van der Waals surface area contributed by atoms with E-state index in [1.165, 1.54) is 22.9 Å². The summed E-state index contributed by atoms with van der Waals surface area (Å²) in [7, 11) is 0. The molecule has 9 heteroatoms. The molecule has 33 heavy (non-hydrogen) atoms. The molecule has 3 rings (SSSR count). The van der Waals surface area contributed by atoms with Crippen LogP contribution in [-0.2, 0) is 27.6 Å². The number of thioether (sulfide) groups is 2. The summed E-state index contributed by atoms with van der Waals surface area (Å²) in [6, 6.07) is 15.2. The third kappa shape index (κ3) is 7.36. The second-order valence-corrected chi connectivity index (χ2v) is 9.18. The number of nitrogens with one attached hydrogen (secondary N) is 1. The van der Waals surface area contributed by atoms with E-state index >= 15 is 0 Å². The first-order valence-electron chi connectivity index (χ1n) is 10.7. The summed E-state index contributed by atoms with van der Waals surface area (Å²) in [5, 5.41) is 12.2. The Morgan fingerprint density at radius 3 is 2.39 bits per heavy atom. The lowest BCUT2D eigenvalue weighted by molar-refractivity contribution is -0.113. The maximum absolute atomic E-state index is 12.4. The maximum atomic E-state index is 12.4. The van der Waals surface area contributed by atoms with E-state index in [1.807, 2.05) is 11.5 Å². The first-order chi connectivity index (χ1) is 16.0. The smallest absolute Gasteiger partial charge is 0.338 e. The van der Waals surface area contributed by atoms with Crippen LogP contribution in [0.4, 0.5) is 5.69 Å². The molecule has 1 aromatic heterocycles. The Morgan fingerprint density at radius 2 is 1.73 bits per heavy atom. The molecular formula is C24H28N4O3S2. The van der Waals surface area contributed by atoms with Crippen LogP contribution < -0.4 is 5.32 Å². The highest BCUT2D eigenvalue weighted by Crippen LogP contribution is 2.22. The van der Waals surface area contributed by atoms with Gasteiger partial charge in [-0.1, -0.05) is 41.6 Å². The molecule has 0 aliphatic heterocycles. The number of rotatable bonds is 11. The van der Waals surface area contributed by atoms with E-state index in [1.54, 1.807) is 43.0 Å². The summed E-state index contributed by atoms with van der Waals surface area (Å²) in [6.07, 6.45) is 0. The molecule has 0 saturated carbocycles. The SMILES string of the molecule is CCOC(=O)c1ccc(NC(=O)CSc2nnc(CSCc3ccc(C)cc3)n2CC)cc1. The van der Waals surface area contributed by atoms with Crippen molar-refractivity contribution in [1.29, 1.82) is 0 Å². The lowest BCUT2D eigenvalue weighted by Crippen LogP contribution is -2.15. The highest BCUT2D eigenvalue weighted by Gasteiger charge is 2.14. The van der Waals surface area contributed by atoms with Crippen molar-refractivity contribution in [2.75, 3.05) is 17.7 Å². The summed E-state index contributed by atoms with van der Waals surface area (Å²) in [5.74, 6) is 2.27. The molecule has 0 unspecified atom stereocenters. The predicted octanol–water partition coefficient (Wildman–Crippen LogP) is 4.95. The Bertz CT molecular complexity index is 1070. The highest BCUT2D eigenvalue weighted by atomic mass is 32.2. The number of nitrogens with zero attached hydrogens (tertiary/aromatic N) is 3. The molecule has 0 aliphatic carbocycles. The Hall–Kier alpha value is -2.78. The average Bonchev–Trinajstić information content (AvgIpc) is 3.21. The van der Waals surface area contributed by atoms with Gasteiger partial charge < -0.3 is 14.6 Å². The number of esters is 1. The van der Waals surface area contributed by atoms with Crippen molar-refractivity contribution in [3.05, 3.63) is 71.0 Å². The molecule has 0 bridgehead atoms. The number of aromatic nitrogens is 3. The Balaban J connectivity index is 1.49. The van der Waals surface area contributed by atoms with Gasteiger partial charge in [0.15, 0.2) is 5.16 Å². The summed E-state index contributed by atoms with van der Waals surface area (Å²) < 4.78 is 7.01. The van der Waals surface area contributed by atoms with Crippen LogP contribution in [0.3, 0.4) is 0 Å². The number of amides is 1. The Morgan fingerprint density at radius 1 is 1.00 bits per heavy atom. The second-order valence-electron chi connectivity index (χ2n) is 7.26. The fraction of sp³-hybridized carbons (Fsp3) is 0.333. The van der Waals surface area contributed by atoms with Crippen LogP contribution in [0.15, 0.2) is 53.7 Å². The number of carbonyl (C=O) groups excluding carboxylic acids is 2. The molecule has 0 aliphatic rings. The minimum Gasteiger partial charge on any atom is -0.462 e. The number of anilines is 1. The van der Waals surface area contributed by atoms with E-state index in [4.69, 9.17) is 4.74 Å². The predicted molar refractivity (Wildman–Crippen MR) is 134 cm³/mol. The molecule has 1 N–H and O–H groups in total. The van der Waals surface area contributed by atoms with Crippen molar-refractivity contribution >= 4 is 41.1 Å². The van der Waals surface area contributed by atoms with Gasteiger partial charge in [-0.25, -0.2) is 4.79 Å². The lowest BCUT2D eigenvalue weighted by Gasteiger charge is -2.08. The number of hydrogen-bond donors (Lipinski definition) is 1. The molecule has 2 aromatic carbocycles. The first kappa shape index (κ1) is 24.9. The van der Waals surface area contributed by atoms with Crippen LogP contribution >= 0.6 is 23.5 Å². The minimum absolute atomic E-state index is 0.148. The van der Waals surface area contributed by atoms with Gasteiger partial charge in [0.25, 0.3) is 0 Å². The maximum Gasteiger partial charge on any atom is 0.338 e. The number of ether oxygens (including phenoxy) is 1. The molecule has 1 amide bonds. The molecule has 0 fully saturated rings. The van der Waals surface area contributed by atoms with Crippen molar-refractivity contribution in [2.24, 2.45) is 0 Å². The van der Waals surface area contributed by atoms with Crippen LogP contribution in [0.25, 0.3) is 0 Å². The highest BCUT2D eigenvalue weighted by molar-refractivity contribution is 7.99. The lowest BCUT2D eigenvalue weighted by atomic mass is 10.2. The van der Waals surface area contributed by atoms with Crippen LogP contribution in [0.5, 0.6) is 0 Å². The van der Waals surface area contributed by atoms with Crippen LogP contribution in [0, 0.1) is 6.92 Å². The molecule has 0 atom stereocenters. The summed E-state index contributed by atoms with van der Waals surface area (Å²) >= 11 is 3.16. The third-order valence-electron chi connectivity index (χ3n) is 4.74. The fourth-order valence-corrected chi connectivity index (χ4v) is 4.77. The van der Waals surface area contributed by atoms with Gasteiger partial charge in [0, 0.05) is 18.0 Å². The van der Waals surface area contributed by atoms with E-state index < -0.39 is 0 Å². The minimum atomic E-state index is -0.377. The van der Waals surface area contributed by atoms with E-state index in [-0.39, 0.29) is 17.6 Å². The van der Waals surface area contributed by atoms with E-state index in [9.17, 15) is 9.59 Å². The number of benzene rings is 2. The first-order valence-corrected chi connectivity index (χ1v) is 12.9. The zero-order chi connectivity index (χ0) is 23.6. The standard InChI is InChI=1S/C24H28N4O3S2/c1-4-28-21(15-32-14-18-8-6-17(3)7-9-18)26-27-24(28)33-16-22(29)25-20-12-10-19(11-13-20)23(30)31-5-2/h6-13H,4-5,14-16H2,1-3H3,(H,25,29). The van der Waals surface area contributed by atoms with Gasteiger partial charge in [0.1, 0.15) is 5.82 Å². The second kappa shape index (κ2) is 12.5. The van der Waals surface area contributed by atoms with Gasteiger partial charge in [-0.2, -0.15) is 0 Å². The third-order valence-corrected chi connectivity index (χ3v) is 6.71. The number of aryl methyl sites for hydroxylation is 1. The monoisotopic (exact) mass is 484 g/mol. The summed E-state index contributed by atoms with van der Waals surface area (Å²) in [5.41, 5.74) is 3.62. The largest absolute Gasteiger partial charge is 0.462 e. The average molecular weight is 485 g/mol. The molecule has 0 saturated heterocycles. The molecular weight excluding hydrogens is 456 g/mol. The topological polar surface area (TPSA) is 86.1 Å². The molecule has 7 nitrogen and oxygen atoms in total. The molecule has 1 heterocycles. The van der Waals surface area contributed by atoms with Gasteiger partial charge in [-0.15, -0.1) is 22.0 Å². The van der Waals surface area contributed by atoms with Gasteiger partial charge in [-0.05, 0) is 50.6 Å². The number of carbonyl (C=O) groups is 2. The van der Waals surface area contributed by atoms with Crippen molar-refractivity contribution in [3.8, 4) is 0 Å². The fourth-order valence-electron chi connectivity index (χ4n) is 3.03. The quantitative estimate of drug-likeness (QED) is 0.304. The Kier molecular flexibility index (Phi) is 9.38. The molecule has 0 radical (unpaired) electrons. The van der Waals surface area contributed by atoms with Gasteiger partial charge >= 0.3 is 5.97 Å². The zero-order valence-corrected chi connectivity index (χ0v) is 20.7. The van der Waals surface area contributed by atoms with Crippen LogP contribution in [0.1, 0.15) is 41.2 Å². The van der Waals surface area contributed by atoms with E-state index in [2.05, 4.69) is 46.7 Å². The summed E-state index contributed by atoms with van der Waals surface area (Å²) in [4.78, 5) is 24.1. The Labute approximate surface area is 202 Å². The number of hydrogen-bond acceptors (Lipinski definition) is 7. The van der Waals surface area contributed by atoms with Crippen molar-refractivity contribution < 1.29 is 14.3 Å². The molecule has 0 spiro atoms. The van der Waals surface area contributed by atoms with E-state index in [0.29, 0.717) is 17.9 Å². The van der Waals surface area contributed by atoms with Crippen LogP contribution in [-0.4, -0.2) is 39.0 Å². The van der Waals surface area contributed by atoms with Gasteiger partial charge in [-0.3, -0.25) is 4.79 Å². The zero-order valence-electron chi connectivity index (χ0n) is 19.0. The van der Waals surface area contributed by atoms with Crippen molar-refractivity contribution in [2.45, 2.75) is 44.0 Å². The van der Waals surface area contributed by atoms with E-state index in [0.717, 1.165) is 29.0 Å². The van der Waals surface area contributed by atoms with Crippen LogP contribution in [0.2, 0.25) is 0 Å². The normalized spacial score (nSPS) is 10.8. The van der Waals surface area contributed by atoms with Crippen molar-refractivity contribution in [1.82, 2.24) is 14.8 Å².